The molecule has 2 saturated carbocycles. The molecule has 1 aromatic carbocycles. The van der Waals surface area contributed by atoms with Crippen LogP contribution in [0, 0.1) is 17.3 Å². The lowest BCUT2D eigenvalue weighted by atomic mass is 9.55. The summed E-state index contributed by atoms with van der Waals surface area (Å²) in [4.78, 5) is 11.3. The molecule has 200 valence electrons. The molecule has 0 aromatic heterocycles. The molecule has 5 N–H and O–H groups in total. The van der Waals surface area contributed by atoms with Gasteiger partial charge in [0.05, 0.1) is 6.10 Å². The number of aliphatic carboxylic acids is 1. The van der Waals surface area contributed by atoms with Crippen molar-refractivity contribution in [2.24, 2.45) is 17.3 Å². The third-order valence-electron chi connectivity index (χ3n) is 8.91. The Balaban J connectivity index is 1.32. The minimum atomic E-state index is -4.51. The largest absolute Gasteiger partial charge is 0.479 e. The first-order valence-electron chi connectivity index (χ1n) is 12.3. The van der Waals surface area contributed by atoms with Gasteiger partial charge in [-0.3, -0.25) is 4.55 Å². The standard InChI is InChI=1S/C24H32O11S/c1-24-9-8-14-13-5-3-12(33-23-20(27)18(25)19(26)21(34-23)22(28)29)10-11(13)2-4-15(14)16(24)6-7-17(24)35-36(30,31)32/h3,5,10,14-21,23,25-27H,2,4,6-9H2,1H3,(H,28,29)(H,30,31,32)/t14-,15-,16-,17-,18+,19+,20-,21+,23-,24-/m0/s1. The molecule has 0 radical (unpaired) electrons. The molecule has 3 aliphatic carbocycles. The van der Waals surface area contributed by atoms with E-state index in [0.29, 0.717) is 18.1 Å². The Labute approximate surface area is 208 Å². The Hall–Kier alpha value is -1.80. The molecule has 3 fully saturated rings. The van der Waals surface area contributed by atoms with Crippen molar-refractivity contribution in [2.45, 2.75) is 88.2 Å². The Kier molecular flexibility index (Phi) is 6.60. The molecular weight excluding hydrogens is 496 g/mol. The minimum absolute atomic E-state index is 0.277. The number of ether oxygens (including phenoxy) is 2. The zero-order valence-electron chi connectivity index (χ0n) is 19.8. The summed E-state index contributed by atoms with van der Waals surface area (Å²) < 4.78 is 48.0. The topological polar surface area (TPSA) is 180 Å². The van der Waals surface area contributed by atoms with E-state index in [9.17, 15) is 38.2 Å². The highest BCUT2D eigenvalue weighted by Crippen LogP contribution is 2.61. The maximum absolute atomic E-state index is 11.4. The number of rotatable bonds is 5. The molecule has 4 aliphatic rings. The van der Waals surface area contributed by atoms with Gasteiger partial charge in [0.15, 0.2) is 6.10 Å². The molecule has 5 rings (SSSR count). The Bertz CT molecular complexity index is 1120. The molecule has 0 spiro atoms. The number of aliphatic hydroxyl groups excluding tert-OH is 3. The maximum atomic E-state index is 11.4. The highest BCUT2D eigenvalue weighted by Gasteiger charge is 2.56. The van der Waals surface area contributed by atoms with Crippen molar-refractivity contribution in [3.05, 3.63) is 29.3 Å². The molecule has 11 nitrogen and oxygen atoms in total. The van der Waals surface area contributed by atoms with E-state index in [-0.39, 0.29) is 17.3 Å². The van der Waals surface area contributed by atoms with E-state index in [1.807, 2.05) is 12.1 Å². The van der Waals surface area contributed by atoms with E-state index in [1.54, 1.807) is 6.07 Å². The van der Waals surface area contributed by atoms with Crippen LogP contribution >= 0.6 is 0 Å². The van der Waals surface area contributed by atoms with E-state index in [1.165, 1.54) is 5.56 Å². The van der Waals surface area contributed by atoms with E-state index >= 15 is 0 Å². The molecule has 1 saturated heterocycles. The molecular formula is C24H32O11S. The second kappa shape index (κ2) is 9.19. The summed E-state index contributed by atoms with van der Waals surface area (Å²) in [6.45, 7) is 2.06. The number of carboxylic acid groups (broad SMARTS) is 1. The van der Waals surface area contributed by atoms with E-state index < -0.39 is 53.2 Å². The van der Waals surface area contributed by atoms with Crippen molar-refractivity contribution in [3.8, 4) is 5.75 Å². The van der Waals surface area contributed by atoms with Gasteiger partial charge in [0.25, 0.3) is 0 Å². The van der Waals surface area contributed by atoms with Crippen molar-refractivity contribution in [1.82, 2.24) is 0 Å². The van der Waals surface area contributed by atoms with Crippen LogP contribution in [0.1, 0.15) is 56.1 Å². The van der Waals surface area contributed by atoms with Gasteiger partial charge in [0, 0.05) is 0 Å². The van der Waals surface area contributed by atoms with Gasteiger partial charge in [-0.15, -0.1) is 0 Å². The molecule has 12 heteroatoms. The van der Waals surface area contributed by atoms with Gasteiger partial charge >= 0.3 is 16.4 Å². The lowest BCUT2D eigenvalue weighted by Gasteiger charge is -2.50. The summed E-state index contributed by atoms with van der Waals surface area (Å²) in [5.74, 6) is -0.200. The van der Waals surface area contributed by atoms with Crippen molar-refractivity contribution in [3.63, 3.8) is 0 Å². The highest BCUT2D eigenvalue weighted by molar-refractivity contribution is 7.80. The molecule has 0 unspecified atom stereocenters. The SMILES string of the molecule is C[C@]12CC[C@H]3c4ccc(O[C@H]5O[C@@H](C(=O)O)[C@H](O)[C@@H](O)[C@@H]5O)cc4CC[C@@H]3[C@@H]1CC[C@@H]2OS(=O)(=O)O. The number of carboxylic acids is 1. The van der Waals surface area contributed by atoms with Crippen LogP contribution < -0.4 is 4.74 Å². The number of aliphatic hydroxyl groups is 3. The summed E-state index contributed by atoms with van der Waals surface area (Å²) in [5, 5.41) is 39.4. The second-order valence-corrected chi connectivity index (χ2v) is 11.8. The Morgan fingerprint density at radius 3 is 2.53 bits per heavy atom. The van der Waals surface area contributed by atoms with Gasteiger partial charge in [-0.05, 0) is 85.0 Å². The fraction of sp³-hybridized carbons (Fsp3) is 0.708. The van der Waals surface area contributed by atoms with Crippen LogP contribution in [0.2, 0.25) is 0 Å². The van der Waals surface area contributed by atoms with Crippen molar-refractivity contribution in [1.29, 1.82) is 0 Å². The van der Waals surface area contributed by atoms with Gasteiger partial charge in [-0.1, -0.05) is 13.0 Å². The summed E-state index contributed by atoms with van der Waals surface area (Å²) in [5.41, 5.74) is 1.93. The monoisotopic (exact) mass is 528 g/mol. The smallest absolute Gasteiger partial charge is 0.397 e. The Morgan fingerprint density at radius 2 is 1.83 bits per heavy atom. The van der Waals surface area contributed by atoms with Crippen LogP contribution in [-0.2, 0) is 30.5 Å². The number of carbonyl (C=O) groups is 1. The Morgan fingerprint density at radius 1 is 1.08 bits per heavy atom. The van der Waals surface area contributed by atoms with Crippen molar-refractivity contribution < 1.29 is 51.8 Å². The summed E-state index contributed by atoms with van der Waals surface area (Å²) in [6.07, 6.45) is -4.17. The zero-order valence-corrected chi connectivity index (χ0v) is 20.6. The second-order valence-electron chi connectivity index (χ2n) is 10.8. The summed E-state index contributed by atoms with van der Waals surface area (Å²) in [6, 6.07) is 5.51. The molecule has 1 heterocycles. The molecule has 0 bridgehead atoms. The fourth-order valence-electron chi connectivity index (χ4n) is 7.17. The first kappa shape index (κ1) is 25.8. The van der Waals surface area contributed by atoms with Gasteiger partial charge in [0.1, 0.15) is 24.1 Å². The lowest BCUT2D eigenvalue weighted by Crippen LogP contribution is -2.61. The third-order valence-corrected chi connectivity index (χ3v) is 9.39. The quantitative estimate of drug-likeness (QED) is 0.344. The normalized spacial score (nSPS) is 42.2. The number of aryl methyl sites for hydroxylation is 1. The number of benzene rings is 1. The number of hydrogen-bond acceptors (Lipinski definition) is 9. The van der Waals surface area contributed by atoms with Crippen LogP contribution in [0.15, 0.2) is 18.2 Å². The first-order chi connectivity index (χ1) is 16.9. The van der Waals surface area contributed by atoms with Crippen LogP contribution in [0.5, 0.6) is 5.75 Å². The van der Waals surface area contributed by atoms with Crippen molar-refractivity contribution >= 4 is 16.4 Å². The predicted octanol–water partition coefficient (Wildman–Crippen LogP) is 1.00. The zero-order chi connectivity index (χ0) is 26.0. The molecule has 1 aliphatic heterocycles. The molecule has 0 amide bonds. The third kappa shape index (κ3) is 4.42. The number of hydrogen-bond donors (Lipinski definition) is 5. The van der Waals surface area contributed by atoms with E-state index in [0.717, 1.165) is 37.7 Å². The fourth-order valence-corrected chi connectivity index (χ4v) is 7.78. The first-order valence-corrected chi connectivity index (χ1v) is 13.6. The van der Waals surface area contributed by atoms with Crippen LogP contribution in [0.25, 0.3) is 0 Å². The number of fused-ring (bicyclic) bond motifs is 5. The van der Waals surface area contributed by atoms with Crippen LogP contribution in [0.3, 0.4) is 0 Å². The average Bonchev–Trinajstić information content (AvgIpc) is 3.13. The molecule has 10 atom stereocenters. The van der Waals surface area contributed by atoms with Gasteiger partial charge in [0.2, 0.25) is 6.29 Å². The molecule has 36 heavy (non-hydrogen) atoms. The van der Waals surface area contributed by atoms with Crippen molar-refractivity contribution in [2.75, 3.05) is 0 Å². The lowest BCUT2D eigenvalue weighted by molar-refractivity contribution is -0.271. The average molecular weight is 529 g/mol. The van der Waals surface area contributed by atoms with Crippen LogP contribution in [-0.4, -0.2) is 76.2 Å². The van der Waals surface area contributed by atoms with E-state index in [2.05, 4.69) is 6.92 Å². The van der Waals surface area contributed by atoms with Gasteiger partial charge in [-0.25, -0.2) is 8.98 Å². The van der Waals surface area contributed by atoms with Crippen LogP contribution in [0.4, 0.5) is 0 Å². The minimum Gasteiger partial charge on any atom is -0.479 e. The summed E-state index contributed by atoms with van der Waals surface area (Å²) in [7, 11) is -4.51. The highest BCUT2D eigenvalue weighted by atomic mass is 32.3. The predicted molar refractivity (Wildman–Crippen MR) is 122 cm³/mol. The van der Waals surface area contributed by atoms with Gasteiger partial charge in [-0.2, -0.15) is 8.42 Å². The summed E-state index contributed by atoms with van der Waals surface area (Å²) >= 11 is 0. The molecule has 1 aromatic rings. The van der Waals surface area contributed by atoms with E-state index in [4.69, 9.17) is 13.7 Å². The van der Waals surface area contributed by atoms with Gasteiger partial charge < -0.3 is 29.9 Å². The maximum Gasteiger partial charge on any atom is 0.397 e.